The third kappa shape index (κ3) is 4.31. The minimum atomic E-state index is -0.524. The van der Waals surface area contributed by atoms with Crippen molar-refractivity contribution in [1.82, 2.24) is 0 Å². The van der Waals surface area contributed by atoms with Crippen LogP contribution in [0.4, 0.5) is 11.4 Å². The van der Waals surface area contributed by atoms with Crippen molar-refractivity contribution in [3.63, 3.8) is 0 Å². The summed E-state index contributed by atoms with van der Waals surface area (Å²) in [5.41, 5.74) is 2.44. The fourth-order valence-corrected chi connectivity index (χ4v) is 3.57. The van der Waals surface area contributed by atoms with Crippen molar-refractivity contribution < 1.29 is 19.1 Å². The van der Waals surface area contributed by atoms with Crippen LogP contribution in [0.5, 0.6) is 0 Å². The Morgan fingerprint density at radius 1 is 1.07 bits per heavy atom. The first-order chi connectivity index (χ1) is 13.7. The molecule has 0 saturated carbocycles. The number of esters is 1. The van der Waals surface area contributed by atoms with Crippen LogP contribution in [0.25, 0.3) is 0 Å². The lowest BCUT2D eigenvalue weighted by Gasteiger charge is -2.27. The van der Waals surface area contributed by atoms with Gasteiger partial charge in [0, 0.05) is 18.7 Å². The number of methoxy groups -OCH3 is 1. The highest BCUT2D eigenvalue weighted by molar-refractivity contribution is 6.06. The number of nitrogens with zero attached hydrogens (tertiary/aromatic N) is 1. The normalized spacial score (nSPS) is 16.6. The highest BCUT2D eigenvalue weighted by Gasteiger charge is 2.37. The SMILES string of the molecule is COC(=O)c1ccccc1NC(=O)C1CC(=O)N(c2ccccc2C(C)(C)C)C1. The van der Waals surface area contributed by atoms with E-state index in [1.807, 2.05) is 24.3 Å². The molecule has 152 valence electrons. The van der Waals surface area contributed by atoms with Crippen LogP contribution < -0.4 is 10.2 Å². The summed E-state index contributed by atoms with van der Waals surface area (Å²) in [6.07, 6.45) is 0.130. The molecule has 0 bridgehead atoms. The van der Waals surface area contributed by atoms with Crippen molar-refractivity contribution in [3.8, 4) is 0 Å². The summed E-state index contributed by atoms with van der Waals surface area (Å²) >= 11 is 0. The average Bonchev–Trinajstić information content (AvgIpc) is 3.09. The number of amides is 2. The fraction of sp³-hybridized carbons (Fsp3) is 0.348. The molecule has 1 fully saturated rings. The van der Waals surface area contributed by atoms with E-state index >= 15 is 0 Å². The van der Waals surface area contributed by atoms with Crippen molar-refractivity contribution in [2.45, 2.75) is 32.6 Å². The highest BCUT2D eigenvalue weighted by Crippen LogP contribution is 2.35. The number of hydrogen-bond acceptors (Lipinski definition) is 4. The number of benzene rings is 2. The van der Waals surface area contributed by atoms with Gasteiger partial charge in [0.1, 0.15) is 0 Å². The zero-order valence-corrected chi connectivity index (χ0v) is 17.2. The number of anilines is 2. The molecule has 6 nitrogen and oxygen atoms in total. The van der Waals surface area contributed by atoms with E-state index < -0.39 is 11.9 Å². The predicted molar refractivity (Wildman–Crippen MR) is 112 cm³/mol. The molecule has 1 aliphatic rings. The maximum absolute atomic E-state index is 12.8. The monoisotopic (exact) mass is 394 g/mol. The lowest BCUT2D eigenvalue weighted by Crippen LogP contribution is -2.30. The van der Waals surface area contributed by atoms with Crippen molar-refractivity contribution >= 4 is 29.2 Å². The summed E-state index contributed by atoms with van der Waals surface area (Å²) in [6, 6.07) is 14.5. The zero-order chi connectivity index (χ0) is 21.2. The molecule has 29 heavy (non-hydrogen) atoms. The zero-order valence-electron chi connectivity index (χ0n) is 17.2. The van der Waals surface area contributed by atoms with E-state index in [4.69, 9.17) is 4.74 Å². The fourth-order valence-electron chi connectivity index (χ4n) is 3.57. The van der Waals surface area contributed by atoms with Crippen LogP contribution in [-0.4, -0.2) is 31.4 Å². The summed E-state index contributed by atoms with van der Waals surface area (Å²) in [4.78, 5) is 39.2. The summed E-state index contributed by atoms with van der Waals surface area (Å²) < 4.78 is 4.77. The van der Waals surface area contributed by atoms with Crippen LogP contribution in [0.2, 0.25) is 0 Å². The van der Waals surface area contributed by atoms with Crippen LogP contribution in [0.15, 0.2) is 48.5 Å². The number of carbonyl (C=O) groups excluding carboxylic acids is 3. The second-order valence-electron chi connectivity index (χ2n) is 8.20. The van der Waals surface area contributed by atoms with E-state index in [0.717, 1.165) is 11.3 Å². The highest BCUT2D eigenvalue weighted by atomic mass is 16.5. The first kappa shape index (κ1) is 20.6. The summed E-state index contributed by atoms with van der Waals surface area (Å²) in [7, 11) is 1.29. The maximum Gasteiger partial charge on any atom is 0.339 e. The van der Waals surface area contributed by atoms with Crippen LogP contribution in [-0.2, 0) is 19.7 Å². The molecule has 0 aliphatic carbocycles. The quantitative estimate of drug-likeness (QED) is 0.801. The van der Waals surface area contributed by atoms with Crippen molar-refractivity contribution in [2.24, 2.45) is 5.92 Å². The first-order valence-electron chi connectivity index (χ1n) is 9.60. The molecule has 1 heterocycles. The molecule has 0 aromatic heterocycles. The minimum Gasteiger partial charge on any atom is -0.465 e. The van der Waals surface area contributed by atoms with Crippen LogP contribution in [0.3, 0.4) is 0 Å². The van der Waals surface area contributed by atoms with E-state index in [9.17, 15) is 14.4 Å². The molecule has 2 amide bonds. The average molecular weight is 394 g/mol. The number of hydrogen-bond donors (Lipinski definition) is 1. The smallest absolute Gasteiger partial charge is 0.339 e. The molecule has 2 aromatic rings. The van der Waals surface area contributed by atoms with Crippen LogP contribution in [0.1, 0.15) is 43.1 Å². The summed E-state index contributed by atoms with van der Waals surface area (Å²) in [5, 5.41) is 2.79. The standard InChI is InChI=1S/C23H26N2O4/c1-23(2,3)17-10-6-8-12-19(17)25-14-15(13-20(25)26)21(27)24-18-11-7-5-9-16(18)22(28)29-4/h5-12,15H,13-14H2,1-4H3,(H,24,27). The Morgan fingerprint density at radius 2 is 1.72 bits per heavy atom. The third-order valence-electron chi connectivity index (χ3n) is 5.09. The van der Waals surface area contributed by atoms with Crippen molar-refractivity contribution in [2.75, 3.05) is 23.9 Å². The Bertz CT molecular complexity index is 946. The Morgan fingerprint density at radius 3 is 2.41 bits per heavy atom. The van der Waals surface area contributed by atoms with E-state index in [1.165, 1.54) is 7.11 Å². The van der Waals surface area contributed by atoms with Gasteiger partial charge in [-0.25, -0.2) is 4.79 Å². The molecular weight excluding hydrogens is 368 g/mol. The van der Waals surface area contributed by atoms with Gasteiger partial charge in [0.05, 0.1) is 24.3 Å². The van der Waals surface area contributed by atoms with Gasteiger partial charge in [-0.05, 0) is 29.2 Å². The van der Waals surface area contributed by atoms with E-state index in [0.29, 0.717) is 12.2 Å². The van der Waals surface area contributed by atoms with Gasteiger partial charge >= 0.3 is 5.97 Å². The Hall–Kier alpha value is -3.15. The van der Waals surface area contributed by atoms with Gasteiger partial charge in [-0.1, -0.05) is 51.1 Å². The number of para-hydroxylation sites is 2. The topological polar surface area (TPSA) is 75.7 Å². The number of carbonyl (C=O) groups is 3. The second kappa shape index (κ2) is 8.07. The van der Waals surface area contributed by atoms with Gasteiger partial charge in [-0.3, -0.25) is 9.59 Å². The van der Waals surface area contributed by atoms with Gasteiger partial charge < -0.3 is 15.0 Å². The van der Waals surface area contributed by atoms with E-state index in [-0.39, 0.29) is 29.2 Å². The molecule has 1 N–H and O–H groups in total. The molecule has 1 unspecified atom stereocenters. The second-order valence-corrected chi connectivity index (χ2v) is 8.20. The maximum atomic E-state index is 12.8. The molecule has 1 saturated heterocycles. The molecule has 1 atom stereocenters. The molecule has 1 aliphatic heterocycles. The first-order valence-corrected chi connectivity index (χ1v) is 9.60. The van der Waals surface area contributed by atoms with Crippen LogP contribution >= 0.6 is 0 Å². The largest absolute Gasteiger partial charge is 0.465 e. The molecule has 3 rings (SSSR count). The Kier molecular flexibility index (Phi) is 5.73. The number of rotatable bonds is 4. The van der Waals surface area contributed by atoms with Crippen molar-refractivity contribution in [3.05, 3.63) is 59.7 Å². The van der Waals surface area contributed by atoms with Gasteiger partial charge in [0.25, 0.3) is 0 Å². The summed E-state index contributed by atoms with van der Waals surface area (Å²) in [6.45, 7) is 6.60. The van der Waals surface area contributed by atoms with E-state index in [1.54, 1.807) is 29.2 Å². The summed E-state index contributed by atoms with van der Waals surface area (Å²) in [5.74, 6) is -1.39. The molecular formula is C23H26N2O4. The minimum absolute atomic E-state index is 0.0805. The Labute approximate surface area is 170 Å². The van der Waals surface area contributed by atoms with Gasteiger partial charge in [-0.2, -0.15) is 0 Å². The predicted octanol–water partition coefficient (Wildman–Crippen LogP) is 3.76. The Balaban J connectivity index is 1.80. The lowest BCUT2D eigenvalue weighted by molar-refractivity contribution is -0.122. The van der Waals surface area contributed by atoms with Gasteiger partial charge in [0.15, 0.2) is 0 Å². The van der Waals surface area contributed by atoms with Gasteiger partial charge in [0.2, 0.25) is 11.8 Å². The number of nitrogens with one attached hydrogen (secondary N) is 1. The molecule has 0 spiro atoms. The van der Waals surface area contributed by atoms with Crippen LogP contribution in [0, 0.1) is 5.92 Å². The van der Waals surface area contributed by atoms with Crippen molar-refractivity contribution in [1.29, 1.82) is 0 Å². The molecule has 6 heteroatoms. The molecule has 2 aromatic carbocycles. The van der Waals surface area contributed by atoms with E-state index in [2.05, 4.69) is 26.1 Å². The molecule has 0 radical (unpaired) electrons. The van der Waals surface area contributed by atoms with Gasteiger partial charge in [-0.15, -0.1) is 0 Å². The lowest BCUT2D eigenvalue weighted by atomic mass is 9.85. The third-order valence-corrected chi connectivity index (χ3v) is 5.09. The number of ether oxygens (including phenoxy) is 1.